The molecule has 0 N–H and O–H groups in total. The van der Waals surface area contributed by atoms with Gasteiger partial charge in [0.25, 0.3) is 0 Å². The van der Waals surface area contributed by atoms with Gasteiger partial charge >= 0.3 is 0 Å². The van der Waals surface area contributed by atoms with E-state index in [4.69, 9.17) is 0 Å². The number of hydrogen-bond donors (Lipinski definition) is 0. The summed E-state index contributed by atoms with van der Waals surface area (Å²) in [6.07, 6.45) is 6.82. The fourth-order valence-electron chi connectivity index (χ4n) is 1.97. The third-order valence-corrected chi connectivity index (χ3v) is 5.15. The molecule has 0 saturated carbocycles. The van der Waals surface area contributed by atoms with E-state index in [1.807, 2.05) is 0 Å². The highest BCUT2D eigenvalue weighted by atomic mass is 28.2. The highest BCUT2D eigenvalue weighted by molar-refractivity contribution is 6.42. The number of rotatable bonds is 11. The highest BCUT2D eigenvalue weighted by Crippen LogP contribution is 2.02. The Labute approximate surface area is 111 Å². The van der Waals surface area contributed by atoms with Gasteiger partial charge in [0.2, 0.25) is 0 Å². The van der Waals surface area contributed by atoms with Gasteiger partial charge in [0.05, 0.1) is 0 Å². The maximum atomic E-state index is 2.68. The Morgan fingerprint density at radius 2 is 1.47 bits per heavy atom. The minimum atomic E-state index is 0.0938. The van der Waals surface area contributed by atoms with Crippen molar-refractivity contribution in [2.45, 2.75) is 65.8 Å². The van der Waals surface area contributed by atoms with Crippen LogP contribution >= 0.6 is 0 Å². The average Bonchev–Trinajstić information content (AvgIpc) is 2.30. The van der Waals surface area contributed by atoms with E-state index in [1.54, 1.807) is 0 Å². The summed E-state index contributed by atoms with van der Waals surface area (Å²) in [5, 5.41) is 0. The maximum absolute atomic E-state index is 2.68. The SMILES string of the molecule is CCCCN(CCCC)CCC[SiH2]C=C(C)C. The molecule has 0 aliphatic rings. The van der Waals surface area contributed by atoms with Crippen LogP contribution in [-0.2, 0) is 0 Å². The topological polar surface area (TPSA) is 3.24 Å². The molecule has 0 atom stereocenters. The molecule has 0 unspecified atom stereocenters. The predicted octanol–water partition coefficient (Wildman–Crippen LogP) is 3.79. The Morgan fingerprint density at radius 1 is 0.941 bits per heavy atom. The lowest BCUT2D eigenvalue weighted by Gasteiger charge is -2.21. The molecule has 0 amide bonds. The van der Waals surface area contributed by atoms with Crippen LogP contribution in [-0.4, -0.2) is 34.1 Å². The van der Waals surface area contributed by atoms with Gasteiger partial charge in [0.15, 0.2) is 0 Å². The number of unbranched alkanes of at least 4 members (excludes halogenated alkanes) is 2. The largest absolute Gasteiger partial charge is 0.303 e. The van der Waals surface area contributed by atoms with Crippen molar-refractivity contribution < 1.29 is 0 Å². The predicted molar refractivity (Wildman–Crippen MR) is 83.7 cm³/mol. The minimum Gasteiger partial charge on any atom is -0.303 e. The number of hydrogen-bond acceptors (Lipinski definition) is 1. The summed E-state index contributed by atoms with van der Waals surface area (Å²) in [6.45, 7) is 13.0. The number of allylic oxidation sites excluding steroid dienone is 1. The fraction of sp³-hybridized carbons (Fsp3) is 0.867. The zero-order valence-corrected chi connectivity index (χ0v) is 14.0. The van der Waals surface area contributed by atoms with Gasteiger partial charge in [0.1, 0.15) is 0 Å². The van der Waals surface area contributed by atoms with Gasteiger partial charge in [-0.05, 0) is 52.7 Å². The van der Waals surface area contributed by atoms with Gasteiger partial charge < -0.3 is 4.90 Å². The van der Waals surface area contributed by atoms with Crippen LogP contribution in [0.2, 0.25) is 6.04 Å². The second-order valence-corrected chi connectivity index (χ2v) is 7.02. The molecule has 1 nitrogen and oxygen atoms in total. The van der Waals surface area contributed by atoms with Gasteiger partial charge in [-0.3, -0.25) is 0 Å². The third kappa shape index (κ3) is 12.2. The van der Waals surface area contributed by atoms with E-state index in [-0.39, 0.29) is 9.52 Å². The smallest absolute Gasteiger partial charge is 0.0453 e. The first-order valence-corrected chi connectivity index (χ1v) is 9.38. The quantitative estimate of drug-likeness (QED) is 0.401. The van der Waals surface area contributed by atoms with Gasteiger partial charge in [-0.1, -0.05) is 38.3 Å². The maximum Gasteiger partial charge on any atom is 0.0453 e. The zero-order valence-electron chi connectivity index (χ0n) is 12.6. The minimum absolute atomic E-state index is 0.0938. The lowest BCUT2D eigenvalue weighted by molar-refractivity contribution is 0.266. The van der Waals surface area contributed by atoms with E-state index >= 15 is 0 Å². The lowest BCUT2D eigenvalue weighted by atomic mass is 10.2. The first-order chi connectivity index (χ1) is 8.20. The lowest BCUT2D eigenvalue weighted by Crippen LogP contribution is -2.27. The molecule has 0 spiro atoms. The normalized spacial score (nSPS) is 11.6. The third-order valence-electron chi connectivity index (χ3n) is 3.14. The molecule has 2 heteroatoms. The van der Waals surface area contributed by atoms with E-state index in [2.05, 4.69) is 38.3 Å². The Morgan fingerprint density at radius 3 is 1.94 bits per heavy atom. The van der Waals surface area contributed by atoms with Crippen molar-refractivity contribution in [2.24, 2.45) is 0 Å². The van der Waals surface area contributed by atoms with Crippen LogP contribution in [0.1, 0.15) is 59.8 Å². The summed E-state index contributed by atoms with van der Waals surface area (Å²) < 4.78 is 0. The van der Waals surface area contributed by atoms with Gasteiger partial charge in [-0.2, -0.15) is 0 Å². The highest BCUT2D eigenvalue weighted by Gasteiger charge is 2.02. The summed E-state index contributed by atoms with van der Waals surface area (Å²) in [5.41, 5.74) is 4.02. The van der Waals surface area contributed by atoms with Crippen LogP contribution in [0.5, 0.6) is 0 Å². The monoisotopic (exact) mass is 255 g/mol. The van der Waals surface area contributed by atoms with E-state index in [0.717, 1.165) is 0 Å². The second kappa shape index (κ2) is 12.4. The van der Waals surface area contributed by atoms with Gasteiger partial charge in [0, 0.05) is 9.52 Å². The molecule has 0 aromatic heterocycles. The summed E-state index contributed by atoms with van der Waals surface area (Å²) in [7, 11) is 0.0938. The van der Waals surface area contributed by atoms with E-state index in [9.17, 15) is 0 Å². The Bertz CT molecular complexity index is 177. The molecule has 0 bridgehead atoms. The van der Waals surface area contributed by atoms with Crippen molar-refractivity contribution in [1.82, 2.24) is 4.90 Å². The molecule has 0 heterocycles. The van der Waals surface area contributed by atoms with E-state index in [1.165, 1.54) is 63.4 Å². The fourth-order valence-corrected chi connectivity index (χ4v) is 3.26. The van der Waals surface area contributed by atoms with E-state index < -0.39 is 0 Å². The zero-order chi connectivity index (χ0) is 12.9. The Balaban J connectivity index is 3.62. The standard InChI is InChI=1S/C15H33NSi/c1-5-7-10-16(11-8-6-2)12-9-13-17-14-15(3)4/h14H,5-13,17H2,1-4H3. The molecular weight excluding hydrogens is 222 g/mol. The summed E-state index contributed by atoms with van der Waals surface area (Å²) >= 11 is 0. The summed E-state index contributed by atoms with van der Waals surface area (Å²) in [4.78, 5) is 2.68. The van der Waals surface area contributed by atoms with Crippen LogP contribution in [0.25, 0.3) is 0 Å². The summed E-state index contributed by atoms with van der Waals surface area (Å²) in [5.74, 6) is 0. The van der Waals surface area contributed by atoms with Crippen LogP contribution in [0, 0.1) is 0 Å². The van der Waals surface area contributed by atoms with Crippen LogP contribution < -0.4 is 0 Å². The van der Waals surface area contributed by atoms with E-state index in [0.29, 0.717) is 0 Å². The Kier molecular flexibility index (Phi) is 12.3. The van der Waals surface area contributed by atoms with Crippen LogP contribution in [0.4, 0.5) is 0 Å². The molecule has 0 aliphatic heterocycles. The molecule has 0 rings (SSSR count). The molecular formula is C15H33NSi. The molecule has 0 radical (unpaired) electrons. The first-order valence-electron chi connectivity index (χ1n) is 7.56. The van der Waals surface area contributed by atoms with Crippen molar-refractivity contribution in [1.29, 1.82) is 0 Å². The van der Waals surface area contributed by atoms with Crippen molar-refractivity contribution >= 4 is 9.52 Å². The van der Waals surface area contributed by atoms with Crippen molar-refractivity contribution in [3.05, 3.63) is 11.3 Å². The Hall–Kier alpha value is -0.0831. The molecule has 0 aliphatic carbocycles. The average molecular weight is 256 g/mol. The molecule has 17 heavy (non-hydrogen) atoms. The molecule has 0 aromatic carbocycles. The molecule has 102 valence electrons. The second-order valence-electron chi connectivity index (χ2n) is 5.33. The van der Waals surface area contributed by atoms with Crippen molar-refractivity contribution in [3.8, 4) is 0 Å². The molecule has 0 saturated heterocycles. The van der Waals surface area contributed by atoms with Crippen LogP contribution in [0.3, 0.4) is 0 Å². The first kappa shape index (κ1) is 16.9. The summed E-state index contributed by atoms with van der Waals surface area (Å²) in [6, 6.07) is 1.49. The number of nitrogens with zero attached hydrogens (tertiary/aromatic N) is 1. The van der Waals surface area contributed by atoms with Gasteiger partial charge in [-0.15, -0.1) is 5.70 Å². The van der Waals surface area contributed by atoms with Crippen molar-refractivity contribution in [3.63, 3.8) is 0 Å². The molecule has 0 fully saturated rings. The van der Waals surface area contributed by atoms with Crippen molar-refractivity contribution in [2.75, 3.05) is 19.6 Å². The van der Waals surface area contributed by atoms with Gasteiger partial charge in [-0.25, -0.2) is 0 Å². The van der Waals surface area contributed by atoms with Crippen LogP contribution in [0.15, 0.2) is 11.3 Å². The molecule has 0 aromatic rings.